The van der Waals surface area contributed by atoms with Gasteiger partial charge in [-0.05, 0) is 13.1 Å². The van der Waals surface area contributed by atoms with Gasteiger partial charge in [-0.1, -0.05) is 18.2 Å². The Kier molecular flexibility index (Phi) is 4.45. The van der Waals surface area contributed by atoms with Crippen molar-refractivity contribution in [2.75, 3.05) is 33.8 Å². The Labute approximate surface area is 132 Å². The number of benzene rings is 1. The summed E-state index contributed by atoms with van der Waals surface area (Å²) in [5.74, 6) is 0.974. The zero-order chi connectivity index (χ0) is 15.5. The first-order chi connectivity index (χ1) is 10.7. The van der Waals surface area contributed by atoms with Gasteiger partial charge in [0.1, 0.15) is 5.75 Å². The van der Waals surface area contributed by atoms with E-state index >= 15 is 0 Å². The van der Waals surface area contributed by atoms with Crippen LogP contribution in [0.5, 0.6) is 5.75 Å². The molecule has 1 aromatic carbocycles. The quantitative estimate of drug-likeness (QED) is 0.864. The van der Waals surface area contributed by atoms with E-state index in [9.17, 15) is 0 Å². The van der Waals surface area contributed by atoms with E-state index in [2.05, 4.69) is 45.6 Å². The Morgan fingerprint density at radius 1 is 1.23 bits per heavy atom. The van der Waals surface area contributed by atoms with Gasteiger partial charge in [0.15, 0.2) is 0 Å². The zero-order valence-electron chi connectivity index (χ0n) is 13.6. The summed E-state index contributed by atoms with van der Waals surface area (Å²) in [6.45, 7) is 4.08. The van der Waals surface area contributed by atoms with Gasteiger partial charge < -0.3 is 9.30 Å². The first-order valence-electron chi connectivity index (χ1n) is 7.69. The molecular weight excluding hydrogens is 276 g/mol. The summed E-state index contributed by atoms with van der Waals surface area (Å²) < 4.78 is 7.64. The van der Waals surface area contributed by atoms with Crippen LogP contribution in [0.2, 0.25) is 0 Å². The number of aryl methyl sites for hydroxylation is 1. The fourth-order valence-corrected chi connectivity index (χ4v) is 3.12. The van der Waals surface area contributed by atoms with Crippen molar-refractivity contribution in [3.63, 3.8) is 0 Å². The molecule has 0 radical (unpaired) electrons. The number of piperazine rings is 1. The number of hydrogen-bond donors (Lipinski definition) is 0. The molecule has 3 rings (SSSR count). The van der Waals surface area contributed by atoms with E-state index in [0.717, 1.165) is 31.9 Å². The van der Waals surface area contributed by atoms with Crippen LogP contribution in [0.1, 0.15) is 17.3 Å². The number of para-hydroxylation sites is 1. The SMILES string of the molecule is COc1ccccc1[C@@H]1CN(Cc2cncn2C)CCN1C. The van der Waals surface area contributed by atoms with E-state index in [4.69, 9.17) is 4.74 Å². The highest BCUT2D eigenvalue weighted by molar-refractivity contribution is 5.36. The largest absolute Gasteiger partial charge is 0.496 e. The highest BCUT2D eigenvalue weighted by Crippen LogP contribution is 2.31. The Hall–Kier alpha value is -1.85. The smallest absolute Gasteiger partial charge is 0.123 e. The highest BCUT2D eigenvalue weighted by Gasteiger charge is 2.27. The van der Waals surface area contributed by atoms with Crippen molar-refractivity contribution in [3.8, 4) is 5.75 Å². The van der Waals surface area contributed by atoms with Gasteiger partial charge in [0, 0.05) is 45.0 Å². The first-order valence-corrected chi connectivity index (χ1v) is 7.69. The molecule has 2 aromatic rings. The minimum atomic E-state index is 0.359. The van der Waals surface area contributed by atoms with Crippen molar-refractivity contribution >= 4 is 0 Å². The molecule has 1 aliphatic heterocycles. The van der Waals surface area contributed by atoms with Crippen molar-refractivity contribution in [3.05, 3.63) is 48.0 Å². The van der Waals surface area contributed by atoms with Crippen LogP contribution in [-0.4, -0.2) is 53.1 Å². The van der Waals surface area contributed by atoms with Gasteiger partial charge in [-0.25, -0.2) is 4.98 Å². The van der Waals surface area contributed by atoms with Gasteiger partial charge in [-0.3, -0.25) is 9.80 Å². The second kappa shape index (κ2) is 6.50. The van der Waals surface area contributed by atoms with Crippen LogP contribution < -0.4 is 4.74 Å². The molecule has 0 saturated carbocycles. The molecule has 1 atom stereocenters. The van der Waals surface area contributed by atoms with Crippen molar-refractivity contribution in [1.29, 1.82) is 0 Å². The second-order valence-electron chi connectivity index (χ2n) is 5.97. The number of hydrogen-bond acceptors (Lipinski definition) is 4. The van der Waals surface area contributed by atoms with Crippen molar-refractivity contribution in [2.45, 2.75) is 12.6 Å². The van der Waals surface area contributed by atoms with Gasteiger partial charge in [0.2, 0.25) is 0 Å². The summed E-state index contributed by atoms with van der Waals surface area (Å²) in [5, 5.41) is 0. The molecular formula is C17H24N4O. The lowest BCUT2D eigenvalue weighted by Crippen LogP contribution is -2.46. The van der Waals surface area contributed by atoms with E-state index in [1.165, 1.54) is 11.3 Å². The van der Waals surface area contributed by atoms with Crippen molar-refractivity contribution < 1.29 is 4.74 Å². The minimum absolute atomic E-state index is 0.359. The fourth-order valence-electron chi connectivity index (χ4n) is 3.12. The Balaban J connectivity index is 1.77. The van der Waals surface area contributed by atoms with Crippen molar-refractivity contribution in [2.24, 2.45) is 7.05 Å². The molecule has 2 heterocycles. The number of methoxy groups -OCH3 is 1. The standard InChI is InChI=1S/C17H24N4O/c1-19-8-9-21(11-14-10-18-13-20(14)2)12-16(19)15-6-4-5-7-17(15)22-3/h4-7,10,13,16H,8-9,11-12H2,1-3H3/t16-/m0/s1. The molecule has 0 N–H and O–H groups in total. The molecule has 1 saturated heterocycles. The summed E-state index contributed by atoms with van der Waals surface area (Å²) in [5.41, 5.74) is 2.52. The van der Waals surface area contributed by atoms with Gasteiger partial charge in [0.05, 0.1) is 25.2 Å². The summed E-state index contributed by atoms with van der Waals surface area (Å²) >= 11 is 0. The second-order valence-corrected chi connectivity index (χ2v) is 5.97. The number of nitrogens with zero attached hydrogens (tertiary/aromatic N) is 4. The number of ether oxygens (including phenoxy) is 1. The summed E-state index contributed by atoms with van der Waals surface area (Å²) in [6.07, 6.45) is 3.82. The molecule has 1 fully saturated rings. The molecule has 1 aliphatic rings. The van der Waals surface area contributed by atoms with Crippen LogP contribution in [0.15, 0.2) is 36.8 Å². The van der Waals surface area contributed by atoms with E-state index in [1.807, 2.05) is 24.7 Å². The number of aromatic nitrogens is 2. The maximum atomic E-state index is 5.55. The Morgan fingerprint density at radius 2 is 2.05 bits per heavy atom. The number of likely N-dealkylation sites (N-methyl/N-ethyl adjacent to an activating group) is 1. The van der Waals surface area contributed by atoms with E-state index in [0.29, 0.717) is 6.04 Å². The van der Waals surface area contributed by atoms with Gasteiger partial charge in [-0.15, -0.1) is 0 Å². The first kappa shape index (κ1) is 15.1. The summed E-state index contributed by atoms with van der Waals surface area (Å²) in [7, 11) is 5.99. The summed E-state index contributed by atoms with van der Waals surface area (Å²) in [4.78, 5) is 9.12. The minimum Gasteiger partial charge on any atom is -0.496 e. The molecule has 5 heteroatoms. The van der Waals surface area contributed by atoms with Gasteiger partial charge >= 0.3 is 0 Å². The maximum absolute atomic E-state index is 5.55. The molecule has 0 aliphatic carbocycles. The van der Waals surface area contributed by atoms with Crippen LogP contribution in [0.25, 0.3) is 0 Å². The predicted octanol–water partition coefficient (Wildman–Crippen LogP) is 1.92. The normalized spacial score (nSPS) is 20.2. The number of imidazole rings is 1. The molecule has 0 bridgehead atoms. The topological polar surface area (TPSA) is 33.5 Å². The predicted molar refractivity (Wildman–Crippen MR) is 86.9 cm³/mol. The van der Waals surface area contributed by atoms with Crippen LogP contribution in [0.3, 0.4) is 0 Å². The lowest BCUT2D eigenvalue weighted by molar-refractivity contribution is 0.0875. The third-order valence-corrected chi connectivity index (χ3v) is 4.53. The van der Waals surface area contributed by atoms with Crippen LogP contribution >= 0.6 is 0 Å². The molecule has 22 heavy (non-hydrogen) atoms. The Morgan fingerprint density at radius 3 is 2.77 bits per heavy atom. The van der Waals surface area contributed by atoms with Gasteiger partial charge in [-0.2, -0.15) is 0 Å². The third kappa shape index (κ3) is 3.00. The fraction of sp³-hybridized carbons (Fsp3) is 0.471. The van der Waals surface area contributed by atoms with Crippen LogP contribution in [-0.2, 0) is 13.6 Å². The lowest BCUT2D eigenvalue weighted by Gasteiger charge is -2.40. The molecule has 0 amide bonds. The highest BCUT2D eigenvalue weighted by atomic mass is 16.5. The number of rotatable bonds is 4. The van der Waals surface area contributed by atoms with E-state index in [-0.39, 0.29) is 0 Å². The van der Waals surface area contributed by atoms with Crippen molar-refractivity contribution in [1.82, 2.24) is 19.4 Å². The summed E-state index contributed by atoms with van der Waals surface area (Å²) in [6, 6.07) is 8.69. The van der Waals surface area contributed by atoms with Crippen LogP contribution in [0.4, 0.5) is 0 Å². The molecule has 1 aromatic heterocycles. The lowest BCUT2D eigenvalue weighted by atomic mass is 10.0. The molecule has 0 unspecified atom stereocenters. The molecule has 118 valence electrons. The van der Waals surface area contributed by atoms with E-state index in [1.54, 1.807) is 7.11 Å². The maximum Gasteiger partial charge on any atom is 0.123 e. The average molecular weight is 300 g/mol. The monoisotopic (exact) mass is 300 g/mol. The van der Waals surface area contributed by atoms with E-state index < -0.39 is 0 Å². The zero-order valence-corrected chi connectivity index (χ0v) is 13.6. The van der Waals surface area contributed by atoms with Crippen LogP contribution in [0, 0.1) is 0 Å². The average Bonchev–Trinajstić information content (AvgIpc) is 2.94. The Bertz CT molecular complexity index is 625. The molecule has 0 spiro atoms. The van der Waals surface area contributed by atoms with Gasteiger partial charge in [0.25, 0.3) is 0 Å². The third-order valence-electron chi connectivity index (χ3n) is 4.53. The molecule has 5 nitrogen and oxygen atoms in total.